The quantitative estimate of drug-likeness (QED) is 0.317. The Labute approximate surface area is 215 Å². The topological polar surface area (TPSA) is 32.3 Å². The molecule has 1 fully saturated rings. The summed E-state index contributed by atoms with van der Waals surface area (Å²) in [6.07, 6.45) is 4.39. The molecular formula is C28H35Cl2N2OP. The van der Waals surface area contributed by atoms with Crippen LogP contribution in [0.5, 0.6) is 0 Å². The second-order valence-corrected chi connectivity index (χ2v) is 15.5. The molecule has 1 amide bonds. The van der Waals surface area contributed by atoms with Crippen LogP contribution in [0.3, 0.4) is 0 Å². The van der Waals surface area contributed by atoms with Crippen LogP contribution in [0, 0.1) is 0 Å². The molecule has 3 aromatic rings. The van der Waals surface area contributed by atoms with Gasteiger partial charge in [0.05, 0.1) is 0 Å². The molecule has 0 spiro atoms. The Hall–Kier alpha value is -1.90. The number of benzene rings is 3. The number of hydrogen-bond acceptors (Lipinski definition) is 2. The summed E-state index contributed by atoms with van der Waals surface area (Å²) in [5.41, 5.74) is 0. The van der Waals surface area contributed by atoms with Crippen LogP contribution in [-0.2, 0) is 4.79 Å². The molecule has 182 valence electrons. The minimum absolute atomic E-state index is 0. The van der Waals surface area contributed by atoms with Crippen LogP contribution in [-0.4, -0.2) is 43.1 Å². The molecule has 0 aliphatic carbocycles. The fraction of sp³-hybridized carbons (Fsp3) is 0.321. The number of hydrogen-bond donors (Lipinski definition) is 1. The van der Waals surface area contributed by atoms with Crippen molar-refractivity contribution in [3.8, 4) is 0 Å². The summed E-state index contributed by atoms with van der Waals surface area (Å²) < 4.78 is 0. The molecule has 0 saturated carbocycles. The normalized spacial score (nSPS) is 15.1. The van der Waals surface area contributed by atoms with Gasteiger partial charge in [-0.1, -0.05) is 0 Å². The third kappa shape index (κ3) is 5.50. The zero-order chi connectivity index (χ0) is 23.0. The molecular weight excluding hydrogens is 482 g/mol. The molecule has 1 saturated heterocycles. The molecule has 0 unspecified atom stereocenters. The van der Waals surface area contributed by atoms with Gasteiger partial charge < -0.3 is 0 Å². The Kier molecular flexibility index (Phi) is 9.56. The predicted molar refractivity (Wildman–Crippen MR) is 151 cm³/mol. The van der Waals surface area contributed by atoms with Crippen molar-refractivity contribution in [3.05, 3.63) is 91.0 Å². The van der Waals surface area contributed by atoms with Gasteiger partial charge in [0.15, 0.2) is 0 Å². The molecule has 0 aromatic heterocycles. The number of piperazine rings is 1. The van der Waals surface area contributed by atoms with Crippen molar-refractivity contribution in [3.63, 3.8) is 0 Å². The van der Waals surface area contributed by atoms with E-state index < -0.39 is 5.96 Å². The fourth-order valence-electron chi connectivity index (χ4n) is 4.99. The van der Waals surface area contributed by atoms with Gasteiger partial charge in [-0.15, -0.1) is 12.4 Å². The van der Waals surface area contributed by atoms with Crippen molar-refractivity contribution in [2.45, 2.75) is 25.7 Å². The summed E-state index contributed by atoms with van der Waals surface area (Å²) in [5, 5.41) is 6.93. The van der Waals surface area contributed by atoms with Crippen molar-refractivity contribution >= 4 is 51.4 Å². The SMILES string of the molecule is Cl.O=C(CCCCCP(Cl)(c1ccccc1)(c1ccccc1)c1ccccc1)N1CCNCC1. The van der Waals surface area contributed by atoms with Crippen LogP contribution < -0.4 is 21.2 Å². The molecule has 1 aliphatic rings. The summed E-state index contributed by atoms with van der Waals surface area (Å²) in [6.45, 7) is 3.45. The molecule has 0 atom stereocenters. The van der Waals surface area contributed by atoms with Crippen molar-refractivity contribution in [1.82, 2.24) is 10.2 Å². The van der Waals surface area contributed by atoms with Crippen LogP contribution in [0.15, 0.2) is 91.0 Å². The molecule has 6 heteroatoms. The number of amides is 1. The number of nitrogens with zero attached hydrogens (tertiary/aromatic N) is 1. The van der Waals surface area contributed by atoms with Crippen LogP contribution in [0.25, 0.3) is 0 Å². The molecule has 3 aromatic carbocycles. The zero-order valence-corrected chi connectivity index (χ0v) is 22.1. The van der Waals surface area contributed by atoms with Gasteiger partial charge in [-0.25, -0.2) is 0 Å². The van der Waals surface area contributed by atoms with Gasteiger partial charge in [0, 0.05) is 0 Å². The number of nitrogens with one attached hydrogen (secondary N) is 1. The Bertz CT molecular complexity index is 929. The van der Waals surface area contributed by atoms with Crippen LogP contribution >= 0.6 is 29.6 Å². The number of halogens is 2. The van der Waals surface area contributed by atoms with Crippen LogP contribution in [0.1, 0.15) is 25.7 Å². The van der Waals surface area contributed by atoms with E-state index in [0.717, 1.165) is 51.6 Å². The first kappa shape index (κ1) is 26.7. The minimum atomic E-state index is -3.18. The standard InChI is InChI=1S/C28H34ClN2OP.ClH/c29-33(25-13-5-1-6-14-25,26-15-7-2-8-16-26,27-17-9-3-10-18-27)24-12-4-11-19-28(32)31-22-20-30-21-23-31;/h1-3,5-10,13-18,30H,4,11-12,19-24H2;1H. The fourth-order valence-corrected chi connectivity index (χ4v) is 11.2. The van der Waals surface area contributed by atoms with Gasteiger partial charge in [-0.3, -0.25) is 0 Å². The first-order valence-corrected chi connectivity index (χ1v) is 15.3. The van der Waals surface area contributed by atoms with E-state index in [-0.39, 0.29) is 18.3 Å². The summed E-state index contributed by atoms with van der Waals surface area (Å²) in [5.74, 6) is -2.89. The third-order valence-corrected chi connectivity index (χ3v) is 14.4. The second-order valence-electron chi connectivity index (χ2n) is 8.85. The molecule has 1 aliphatic heterocycles. The summed E-state index contributed by atoms with van der Waals surface area (Å²) in [7, 11) is 0. The van der Waals surface area contributed by atoms with E-state index in [1.54, 1.807) is 0 Å². The molecule has 1 heterocycles. The molecule has 0 bridgehead atoms. The third-order valence-electron chi connectivity index (χ3n) is 6.82. The maximum absolute atomic E-state index is 12.6. The average molecular weight is 517 g/mol. The molecule has 1 N–H and O–H groups in total. The summed E-state index contributed by atoms with van der Waals surface area (Å²) in [4.78, 5) is 14.6. The predicted octanol–water partition coefficient (Wildman–Crippen LogP) is 5.08. The van der Waals surface area contributed by atoms with E-state index in [1.807, 2.05) is 4.90 Å². The van der Waals surface area contributed by atoms with E-state index in [4.69, 9.17) is 11.2 Å². The Morgan fingerprint density at radius 2 is 1.18 bits per heavy atom. The molecule has 4 rings (SSSR count). The molecule has 0 radical (unpaired) electrons. The number of unbranched alkanes of at least 4 members (excludes halogenated alkanes) is 2. The van der Waals surface area contributed by atoms with E-state index in [2.05, 4.69) is 96.3 Å². The second kappa shape index (κ2) is 12.2. The van der Waals surface area contributed by atoms with Gasteiger partial charge in [0.2, 0.25) is 0 Å². The summed E-state index contributed by atoms with van der Waals surface area (Å²) >= 11 is 8.09. The van der Waals surface area contributed by atoms with Crippen LogP contribution in [0.4, 0.5) is 0 Å². The molecule has 3 nitrogen and oxygen atoms in total. The summed E-state index contributed by atoms with van der Waals surface area (Å²) in [6, 6.07) is 31.9. The van der Waals surface area contributed by atoms with Crippen molar-refractivity contribution < 1.29 is 4.79 Å². The monoisotopic (exact) mass is 516 g/mol. The average Bonchev–Trinajstić information content (AvgIpc) is 2.90. The maximum atomic E-state index is 12.6. The Morgan fingerprint density at radius 1 is 0.735 bits per heavy atom. The van der Waals surface area contributed by atoms with E-state index >= 15 is 0 Å². The first-order valence-electron chi connectivity index (χ1n) is 12.0. The van der Waals surface area contributed by atoms with Gasteiger partial charge in [0.25, 0.3) is 0 Å². The van der Waals surface area contributed by atoms with Crippen molar-refractivity contribution in [2.24, 2.45) is 0 Å². The first-order chi connectivity index (χ1) is 16.1. The van der Waals surface area contributed by atoms with E-state index in [0.29, 0.717) is 6.42 Å². The van der Waals surface area contributed by atoms with Crippen molar-refractivity contribution in [2.75, 3.05) is 32.3 Å². The number of carbonyl (C=O) groups excluding carboxylic acids is 1. The van der Waals surface area contributed by atoms with Crippen molar-refractivity contribution in [1.29, 1.82) is 0 Å². The Morgan fingerprint density at radius 3 is 1.62 bits per heavy atom. The van der Waals surface area contributed by atoms with Crippen LogP contribution in [0.2, 0.25) is 0 Å². The number of rotatable bonds is 9. The van der Waals surface area contributed by atoms with Gasteiger partial charge in [-0.05, 0) is 0 Å². The van der Waals surface area contributed by atoms with Gasteiger partial charge in [0.1, 0.15) is 0 Å². The Balaban J connectivity index is 0.00000324. The molecule has 34 heavy (non-hydrogen) atoms. The van der Waals surface area contributed by atoms with Gasteiger partial charge in [-0.2, -0.15) is 0 Å². The van der Waals surface area contributed by atoms with Gasteiger partial charge >= 0.3 is 203 Å². The van der Waals surface area contributed by atoms with E-state index in [1.165, 1.54) is 15.9 Å². The zero-order valence-electron chi connectivity index (χ0n) is 19.6. The van der Waals surface area contributed by atoms with E-state index in [9.17, 15) is 4.79 Å². The number of carbonyl (C=O) groups is 1.